The van der Waals surface area contributed by atoms with Crippen LogP contribution in [0.1, 0.15) is 0 Å². The maximum absolute atomic E-state index is 11.9. The summed E-state index contributed by atoms with van der Waals surface area (Å²) in [4.78, 5) is 21.6. The van der Waals surface area contributed by atoms with Gasteiger partial charge in [-0.2, -0.15) is 26.3 Å². The fourth-order valence-electron chi connectivity index (χ4n) is 0.587. The first-order valence-corrected chi connectivity index (χ1v) is 4.69. The second-order valence-corrected chi connectivity index (χ2v) is 3.35. The van der Waals surface area contributed by atoms with Crippen molar-refractivity contribution >= 4 is 11.9 Å². The minimum atomic E-state index is -4.82. The second kappa shape index (κ2) is 6.44. The van der Waals surface area contributed by atoms with Crippen molar-refractivity contribution in [3.8, 4) is 0 Å². The summed E-state index contributed by atoms with van der Waals surface area (Å²) < 4.78 is 79.4. The molecule has 0 aromatic rings. The summed E-state index contributed by atoms with van der Waals surface area (Å²) in [6.45, 7) is 2.42. The summed E-state index contributed by atoms with van der Waals surface area (Å²) in [5, 5.41) is 0. The second-order valence-electron chi connectivity index (χ2n) is 3.35. The third-order valence-electron chi connectivity index (χ3n) is 1.72. The Kier molecular flexibility index (Phi) is 5.79. The highest BCUT2D eigenvalue weighted by atomic mass is 19.4. The Balaban J connectivity index is 4.22. The number of carbonyl (C=O) groups excluding carboxylic acids is 2. The first kappa shape index (κ1) is 18.0. The maximum atomic E-state index is 11.9. The van der Waals surface area contributed by atoms with Gasteiger partial charge in [-0.3, -0.25) is 0 Å². The van der Waals surface area contributed by atoms with Gasteiger partial charge in [0.15, 0.2) is 0 Å². The molecule has 0 aliphatic rings. The van der Waals surface area contributed by atoms with Gasteiger partial charge in [-0.25, -0.2) is 9.59 Å². The van der Waals surface area contributed by atoms with Crippen molar-refractivity contribution in [3.05, 3.63) is 24.3 Å². The zero-order chi connectivity index (χ0) is 16.1. The van der Waals surface area contributed by atoms with Crippen molar-refractivity contribution in [2.45, 2.75) is 12.4 Å². The number of alkyl halides is 6. The van der Waals surface area contributed by atoms with E-state index in [0.717, 1.165) is 0 Å². The van der Waals surface area contributed by atoms with Gasteiger partial charge in [0.25, 0.3) is 0 Å². The lowest BCUT2D eigenvalue weighted by Gasteiger charge is -2.11. The molecule has 0 saturated carbocycles. The van der Waals surface area contributed by atoms with Gasteiger partial charge in [0, 0.05) is 0 Å². The molecular formula is C10H8F6O4. The van der Waals surface area contributed by atoms with E-state index < -0.39 is 48.7 Å². The fourth-order valence-corrected chi connectivity index (χ4v) is 0.587. The van der Waals surface area contributed by atoms with E-state index in [-0.39, 0.29) is 0 Å². The molecule has 0 atom stereocenters. The van der Waals surface area contributed by atoms with E-state index in [1.807, 2.05) is 0 Å². The SMILES string of the molecule is C=C(COC(=O)C(=O)OCC(=C)C(F)(F)F)C(F)(F)F. The highest BCUT2D eigenvalue weighted by molar-refractivity contribution is 6.29. The predicted octanol–water partition coefficient (Wildman–Crippen LogP) is 2.31. The van der Waals surface area contributed by atoms with Gasteiger partial charge in [0.2, 0.25) is 0 Å². The molecule has 0 spiro atoms. The van der Waals surface area contributed by atoms with Crippen LogP contribution < -0.4 is 0 Å². The molecule has 0 fully saturated rings. The van der Waals surface area contributed by atoms with Gasteiger partial charge in [0.1, 0.15) is 13.2 Å². The molecule has 0 radical (unpaired) electrons. The molecule has 4 nitrogen and oxygen atoms in total. The Labute approximate surface area is 108 Å². The molecule has 0 aliphatic carbocycles. The van der Waals surface area contributed by atoms with Crippen molar-refractivity contribution in [2.24, 2.45) is 0 Å². The molecule has 0 unspecified atom stereocenters. The largest absolute Gasteiger partial charge is 0.452 e. The zero-order valence-electron chi connectivity index (χ0n) is 9.73. The summed E-state index contributed by atoms with van der Waals surface area (Å²) in [6, 6.07) is 0. The zero-order valence-corrected chi connectivity index (χ0v) is 9.73. The van der Waals surface area contributed by atoms with Gasteiger partial charge in [-0.15, -0.1) is 0 Å². The van der Waals surface area contributed by atoms with E-state index in [9.17, 15) is 35.9 Å². The number of carbonyl (C=O) groups is 2. The van der Waals surface area contributed by atoms with Crippen LogP contribution in [0, 0.1) is 0 Å². The molecule has 0 N–H and O–H groups in total. The first-order valence-electron chi connectivity index (χ1n) is 4.69. The standard InChI is InChI=1S/C10H8F6O4/c1-5(9(11,12)13)3-19-7(17)8(18)20-4-6(2)10(14,15)16/h1-4H2. The quantitative estimate of drug-likeness (QED) is 0.346. The smallest absolute Gasteiger partial charge is 0.417 e. The minimum Gasteiger partial charge on any atom is -0.452 e. The number of ether oxygens (including phenoxy) is 2. The third kappa shape index (κ3) is 6.25. The Morgan fingerprint density at radius 1 is 0.750 bits per heavy atom. The van der Waals surface area contributed by atoms with E-state index in [2.05, 4.69) is 22.6 Å². The number of rotatable bonds is 4. The van der Waals surface area contributed by atoms with Crippen molar-refractivity contribution in [1.82, 2.24) is 0 Å². The van der Waals surface area contributed by atoms with Gasteiger partial charge in [-0.1, -0.05) is 13.2 Å². The number of esters is 2. The Morgan fingerprint density at radius 3 is 1.20 bits per heavy atom. The Morgan fingerprint density at radius 2 is 1.00 bits per heavy atom. The van der Waals surface area contributed by atoms with Crippen LogP contribution in [0.5, 0.6) is 0 Å². The number of halogens is 6. The molecule has 0 saturated heterocycles. The molecule has 0 rings (SSSR count). The number of hydrogen-bond donors (Lipinski definition) is 0. The lowest BCUT2D eigenvalue weighted by Crippen LogP contribution is -2.26. The van der Waals surface area contributed by atoms with Crippen LogP contribution in [0.25, 0.3) is 0 Å². The Hall–Kier alpha value is -2.00. The predicted molar refractivity (Wildman–Crippen MR) is 52.3 cm³/mol. The lowest BCUT2D eigenvalue weighted by atomic mass is 10.3. The topological polar surface area (TPSA) is 52.6 Å². The monoisotopic (exact) mass is 306 g/mol. The Bertz CT molecular complexity index is 380. The summed E-state index contributed by atoms with van der Waals surface area (Å²) >= 11 is 0. The first-order chi connectivity index (χ1) is 8.85. The van der Waals surface area contributed by atoms with Crippen LogP contribution in [0.15, 0.2) is 24.3 Å². The summed E-state index contributed by atoms with van der Waals surface area (Å²) in [7, 11) is 0. The number of hydrogen-bond acceptors (Lipinski definition) is 4. The minimum absolute atomic E-state index is 1.34. The van der Waals surface area contributed by atoms with Crippen LogP contribution >= 0.6 is 0 Å². The normalized spacial score (nSPS) is 11.7. The molecule has 10 heteroatoms. The average molecular weight is 306 g/mol. The van der Waals surface area contributed by atoms with E-state index in [4.69, 9.17) is 0 Å². The molecule has 114 valence electrons. The van der Waals surface area contributed by atoms with E-state index in [0.29, 0.717) is 0 Å². The van der Waals surface area contributed by atoms with Crippen LogP contribution in [0.2, 0.25) is 0 Å². The molecule has 0 aliphatic heterocycles. The third-order valence-corrected chi connectivity index (χ3v) is 1.72. The average Bonchev–Trinajstić information content (AvgIpc) is 2.29. The molecule has 20 heavy (non-hydrogen) atoms. The molecule has 0 amide bonds. The van der Waals surface area contributed by atoms with Crippen LogP contribution in [0.4, 0.5) is 26.3 Å². The summed E-state index contributed by atoms with van der Waals surface area (Å²) in [5.74, 6) is -3.74. The lowest BCUT2D eigenvalue weighted by molar-refractivity contribution is -0.169. The molecule has 0 aromatic carbocycles. The van der Waals surface area contributed by atoms with Crippen LogP contribution in [-0.2, 0) is 19.1 Å². The van der Waals surface area contributed by atoms with Crippen molar-refractivity contribution in [2.75, 3.05) is 13.2 Å². The van der Waals surface area contributed by atoms with Crippen molar-refractivity contribution in [1.29, 1.82) is 0 Å². The van der Waals surface area contributed by atoms with Gasteiger partial charge < -0.3 is 9.47 Å². The van der Waals surface area contributed by atoms with E-state index >= 15 is 0 Å². The maximum Gasteiger partial charge on any atom is 0.417 e. The fraction of sp³-hybridized carbons (Fsp3) is 0.400. The highest BCUT2D eigenvalue weighted by Gasteiger charge is 2.35. The molecular weight excluding hydrogens is 298 g/mol. The molecule has 0 heterocycles. The van der Waals surface area contributed by atoms with Crippen molar-refractivity contribution in [3.63, 3.8) is 0 Å². The van der Waals surface area contributed by atoms with E-state index in [1.165, 1.54) is 0 Å². The van der Waals surface area contributed by atoms with E-state index in [1.54, 1.807) is 0 Å². The van der Waals surface area contributed by atoms with Crippen LogP contribution in [-0.4, -0.2) is 37.5 Å². The summed E-state index contributed by atoms with van der Waals surface area (Å²) in [6.07, 6.45) is -9.65. The molecule has 0 bridgehead atoms. The molecule has 0 aromatic heterocycles. The highest BCUT2D eigenvalue weighted by Crippen LogP contribution is 2.25. The van der Waals surface area contributed by atoms with Gasteiger partial charge >= 0.3 is 24.3 Å². The van der Waals surface area contributed by atoms with Crippen LogP contribution in [0.3, 0.4) is 0 Å². The summed E-state index contributed by atoms with van der Waals surface area (Å²) in [5.41, 5.74) is -2.89. The van der Waals surface area contributed by atoms with Gasteiger partial charge in [-0.05, 0) is 0 Å². The van der Waals surface area contributed by atoms with Gasteiger partial charge in [0.05, 0.1) is 11.1 Å². The van der Waals surface area contributed by atoms with Crippen molar-refractivity contribution < 1.29 is 45.4 Å².